The van der Waals surface area contributed by atoms with Crippen molar-refractivity contribution in [1.82, 2.24) is 15.8 Å². The van der Waals surface area contributed by atoms with E-state index in [2.05, 4.69) is 23.4 Å². The predicted octanol–water partition coefficient (Wildman–Crippen LogP) is 1.01. The van der Waals surface area contributed by atoms with Crippen molar-refractivity contribution in [1.29, 1.82) is 0 Å². The van der Waals surface area contributed by atoms with Crippen molar-refractivity contribution < 1.29 is 4.79 Å². The fraction of sp³-hybridized carbons (Fsp3) is 0.889. The first kappa shape index (κ1) is 11.8. The highest BCUT2D eigenvalue weighted by Gasteiger charge is 2.11. The molecule has 1 amide bonds. The minimum Gasteiger partial charge on any atom is -0.317 e. The first-order valence-electron chi connectivity index (χ1n) is 5.24. The summed E-state index contributed by atoms with van der Waals surface area (Å²) < 4.78 is 0. The molecule has 5 heteroatoms. The first-order chi connectivity index (χ1) is 6.79. The maximum atomic E-state index is 10.3. The van der Waals surface area contributed by atoms with Crippen LogP contribution in [-0.2, 0) is 0 Å². The van der Waals surface area contributed by atoms with Gasteiger partial charge >= 0.3 is 0 Å². The zero-order valence-corrected chi connectivity index (χ0v) is 9.35. The molecule has 4 nitrogen and oxygen atoms in total. The van der Waals surface area contributed by atoms with Crippen LogP contribution in [0.15, 0.2) is 0 Å². The summed E-state index contributed by atoms with van der Waals surface area (Å²) in [6.45, 7) is 4.43. The number of carbonyl (C=O) groups is 1. The largest absolute Gasteiger partial charge is 0.317 e. The quantitative estimate of drug-likeness (QED) is 0.574. The highest BCUT2D eigenvalue weighted by Crippen LogP contribution is 2.03. The second kappa shape index (κ2) is 7.09. The van der Waals surface area contributed by atoms with Crippen molar-refractivity contribution in [3.63, 3.8) is 0 Å². The SMILES string of the molecule is C1CCNC1.O=C(S)NN1CCCC1. The lowest BCUT2D eigenvalue weighted by Crippen LogP contribution is -2.36. The Morgan fingerprint density at radius 2 is 1.71 bits per heavy atom. The van der Waals surface area contributed by atoms with Crippen LogP contribution in [0.2, 0.25) is 0 Å². The topological polar surface area (TPSA) is 44.4 Å². The summed E-state index contributed by atoms with van der Waals surface area (Å²) in [4.78, 5) is 10.3. The molecule has 0 aromatic rings. The minimum absolute atomic E-state index is 0.267. The molecule has 0 atom stereocenters. The number of rotatable bonds is 1. The summed E-state index contributed by atoms with van der Waals surface area (Å²) >= 11 is 3.58. The number of hydrazine groups is 1. The summed E-state index contributed by atoms with van der Waals surface area (Å²) in [6, 6.07) is 0. The van der Waals surface area contributed by atoms with Crippen molar-refractivity contribution in [2.24, 2.45) is 0 Å². The van der Waals surface area contributed by atoms with Gasteiger partial charge < -0.3 is 5.32 Å². The van der Waals surface area contributed by atoms with Crippen molar-refractivity contribution in [2.45, 2.75) is 25.7 Å². The Bertz CT molecular complexity index is 160. The van der Waals surface area contributed by atoms with E-state index in [1.165, 1.54) is 38.8 Å². The summed E-state index contributed by atoms with van der Waals surface area (Å²) in [7, 11) is 0. The van der Waals surface area contributed by atoms with E-state index in [-0.39, 0.29) is 5.24 Å². The van der Waals surface area contributed by atoms with Crippen molar-refractivity contribution in [3.05, 3.63) is 0 Å². The van der Waals surface area contributed by atoms with Gasteiger partial charge in [-0.3, -0.25) is 10.2 Å². The van der Waals surface area contributed by atoms with Crippen LogP contribution in [0.1, 0.15) is 25.7 Å². The number of nitrogens with one attached hydrogen (secondary N) is 2. The molecule has 2 rings (SSSR count). The van der Waals surface area contributed by atoms with Gasteiger partial charge in [0.1, 0.15) is 0 Å². The van der Waals surface area contributed by atoms with Gasteiger partial charge in [0, 0.05) is 13.1 Å². The molecule has 2 aliphatic heterocycles. The monoisotopic (exact) mass is 217 g/mol. The third kappa shape index (κ3) is 5.47. The Balaban J connectivity index is 0.000000165. The lowest BCUT2D eigenvalue weighted by molar-refractivity contribution is 0.218. The van der Waals surface area contributed by atoms with E-state index in [9.17, 15) is 4.79 Å². The van der Waals surface area contributed by atoms with Crippen LogP contribution in [0.3, 0.4) is 0 Å². The van der Waals surface area contributed by atoms with Gasteiger partial charge in [-0.25, -0.2) is 5.01 Å². The van der Waals surface area contributed by atoms with Gasteiger partial charge in [-0.1, -0.05) is 12.6 Å². The molecule has 0 spiro atoms. The molecular weight excluding hydrogens is 198 g/mol. The van der Waals surface area contributed by atoms with Gasteiger partial charge in [-0.2, -0.15) is 0 Å². The van der Waals surface area contributed by atoms with E-state index < -0.39 is 0 Å². The molecular formula is C9H19N3OS. The summed E-state index contributed by atoms with van der Waals surface area (Å²) in [5.74, 6) is 0. The molecule has 0 saturated carbocycles. The number of amides is 1. The van der Waals surface area contributed by atoms with Crippen LogP contribution in [0.25, 0.3) is 0 Å². The van der Waals surface area contributed by atoms with Crippen molar-refractivity contribution in [3.8, 4) is 0 Å². The number of thiol groups is 1. The van der Waals surface area contributed by atoms with Gasteiger partial charge in [0.15, 0.2) is 0 Å². The molecule has 0 aromatic carbocycles. The normalized spacial score (nSPS) is 21.5. The van der Waals surface area contributed by atoms with Gasteiger partial charge in [-0.15, -0.1) is 0 Å². The summed E-state index contributed by atoms with van der Waals surface area (Å²) in [5, 5.41) is 4.84. The Labute approximate surface area is 90.8 Å². The van der Waals surface area contributed by atoms with Crippen molar-refractivity contribution in [2.75, 3.05) is 26.2 Å². The van der Waals surface area contributed by atoms with E-state index in [1.54, 1.807) is 0 Å². The highest BCUT2D eigenvalue weighted by atomic mass is 32.1. The molecule has 0 aliphatic carbocycles. The average Bonchev–Trinajstić information content (AvgIpc) is 2.75. The highest BCUT2D eigenvalue weighted by molar-refractivity contribution is 7.96. The number of hydrogen-bond donors (Lipinski definition) is 3. The summed E-state index contributed by atoms with van der Waals surface area (Å²) in [5.41, 5.74) is 2.60. The van der Waals surface area contributed by atoms with Crippen LogP contribution < -0.4 is 10.7 Å². The molecule has 82 valence electrons. The van der Waals surface area contributed by atoms with Crippen LogP contribution in [0.4, 0.5) is 4.79 Å². The Morgan fingerprint density at radius 3 is 2.07 bits per heavy atom. The van der Waals surface area contributed by atoms with Crippen LogP contribution in [0.5, 0.6) is 0 Å². The standard InChI is InChI=1S/C5H10N2OS.C4H9N/c8-5(9)6-7-3-1-2-4-7;1-2-4-5-3-1/h1-4H2,(H2,6,8,9);5H,1-4H2. The fourth-order valence-electron chi connectivity index (χ4n) is 1.59. The summed E-state index contributed by atoms with van der Waals surface area (Å²) in [6.07, 6.45) is 5.13. The third-order valence-electron chi connectivity index (χ3n) is 2.32. The lowest BCUT2D eigenvalue weighted by Gasteiger charge is -2.12. The number of carbonyl (C=O) groups excluding carboxylic acids is 1. The van der Waals surface area contributed by atoms with E-state index >= 15 is 0 Å². The van der Waals surface area contributed by atoms with Crippen LogP contribution >= 0.6 is 12.6 Å². The zero-order chi connectivity index (χ0) is 10.2. The van der Waals surface area contributed by atoms with Crippen LogP contribution in [0, 0.1) is 0 Å². The molecule has 2 N–H and O–H groups in total. The molecule has 14 heavy (non-hydrogen) atoms. The molecule has 0 aromatic heterocycles. The van der Waals surface area contributed by atoms with Gasteiger partial charge in [0.25, 0.3) is 5.24 Å². The Morgan fingerprint density at radius 1 is 1.14 bits per heavy atom. The van der Waals surface area contributed by atoms with Crippen LogP contribution in [-0.4, -0.2) is 36.4 Å². The predicted molar refractivity (Wildman–Crippen MR) is 60.4 cm³/mol. The van der Waals surface area contributed by atoms with Gasteiger partial charge in [-0.05, 0) is 38.8 Å². The second-order valence-electron chi connectivity index (χ2n) is 3.57. The van der Waals surface area contributed by atoms with E-state index in [0.717, 1.165) is 13.1 Å². The molecule has 2 saturated heterocycles. The van der Waals surface area contributed by atoms with E-state index in [4.69, 9.17) is 0 Å². The maximum absolute atomic E-state index is 10.3. The molecule has 0 unspecified atom stereocenters. The maximum Gasteiger partial charge on any atom is 0.290 e. The van der Waals surface area contributed by atoms with E-state index in [0.29, 0.717) is 0 Å². The first-order valence-corrected chi connectivity index (χ1v) is 5.69. The van der Waals surface area contributed by atoms with Crippen molar-refractivity contribution >= 4 is 17.9 Å². The Hall–Kier alpha value is -0.260. The molecule has 0 bridgehead atoms. The second-order valence-corrected chi connectivity index (χ2v) is 3.97. The zero-order valence-electron chi connectivity index (χ0n) is 8.46. The molecule has 2 fully saturated rings. The number of nitrogens with zero attached hydrogens (tertiary/aromatic N) is 1. The fourth-order valence-corrected chi connectivity index (χ4v) is 1.73. The minimum atomic E-state index is -0.267. The molecule has 2 heterocycles. The van der Waals surface area contributed by atoms with Gasteiger partial charge in [0.2, 0.25) is 0 Å². The molecule has 2 aliphatic rings. The third-order valence-corrected chi connectivity index (χ3v) is 2.42. The Kier molecular flexibility index (Phi) is 5.98. The lowest BCUT2D eigenvalue weighted by atomic mass is 10.4. The van der Waals surface area contributed by atoms with Gasteiger partial charge in [0.05, 0.1) is 0 Å². The van der Waals surface area contributed by atoms with E-state index in [1.807, 2.05) is 5.01 Å². The average molecular weight is 217 g/mol. The number of hydrogen-bond acceptors (Lipinski definition) is 3. The smallest absolute Gasteiger partial charge is 0.290 e. The molecule has 0 radical (unpaired) electrons.